The van der Waals surface area contributed by atoms with Gasteiger partial charge in [-0.25, -0.2) is 0 Å². The molecule has 0 saturated heterocycles. The third-order valence-corrected chi connectivity index (χ3v) is 2.95. The number of rotatable bonds is 3. The second-order valence-electron chi connectivity index (χ2n) is 4.06. The van der Waals surface area contributed by atoms with E-state index in [1.807, 2.05) is 18.2 Å². The number of hydrogen-bond donors (Lipinski definition) is 1. The van der Waals surface area contributed by atoms with E-state index in [2.05, 4.69) is 0 Å². The predicted molar refractivity (Wildman–Crippen MR) is 68.3 cm³/mol. The third-order valence-electron chi connectivity index (χ3n) is 2.95. The van der Waals surface area contributed by atoms with Gasteiger partial charge < -0.3 is 5.11 Å². The highest BCUT2D eigenvalue weighted by Crippen LogP contribution is 2.29. The number of nitro benzene ring substituents is 1. The molecule has 0 bridgehead atoms. The van der Waals surface area contributed by atoms with Crippen LogP contribution in [0.5, 0.6) is 0 Å². The minimum atomic E-state index is -0.842. The second-order valence-corrected chi connectivity index (χ2v) is 4.06. The molecule has 2 aromatic rings. The monoisotopic (exact) mass is 243 g/mol. The van der Waals surface area contributed by atoms with Crippen LogP contribution in [0.25, 0.3) is 0 Å². The Kier molecular flexibility index (Phi) is 3.39. The molecule has 1 N–H and O–H groups in total. The first kappa shape index (κ1) is 12.3. The minimum Gasteiger partial charge on any atom is -0.384 e. The molecular weight excluding hydrogens is 230 g/mol. The topological polar surface area (TPSA) is 63.4 Å². The largest absolute Gasteiger partial charge is 0.384 e. The van der Waals surface area contributed by atoms with Crippen molar-refractivity contribution in [3.63, 3.8) is 0 Å². The molecule has 0 radical (unpaired) electrons. The van der Waals surface area contributed by atoms with Crippen LogP contribution < -0.4 is 0 Å². The molecule has 0 fully saturated rings. The van der Waals surface area contributed by atoms with Gasteiger partial charge in [-0.15, -0.1) is 0 Å². The molecule has 0 saturated carbocycles. The van der Waals surface area contributed by atoms with Crippen LogP contribution in [-0.4, -0.2) is 10.0 Å². The zero-order chi connectivity index (χ0) is 13.1. The molecule has 2 rings (SSSR count). The van der Waals surface area contributed by atoms with Gasteiger partial charge in [-0.05, 0) is 18.1 Å². The Balaban J connectivity index is 2.46. The standard InChI is InChI=1S/C14H13NO3/c1-10-12(8-5-9-13(10)15(17)18)14(16)11-6-3-2-4-7-11/h2-9,14,16H,1H3. The fourth-order valence-electron chi connectivity index (χ4n) is 1.95. The van der Waals surface area contributed by atoms with Gasteiger partial charge >= 0.3 is 0 Å². The summed E-state index contributed by atoms with van der Waals surface area (Å²) in [5.74, 6) is 0. The van der Waals surface area contributed by atoms with Crippen molar-refractivity contribution in [2.24, 2.45) is 0 Å². The minimum absolute atomic E-state index is 0.0301. The smallest absolute Gasteiger partial charge is 0.272 e. The van der Waals surface area contributed by atoms with Crippen molar-refractivity contribution in [1.82, 2.24) is 0 Å². The average molecular weight is 243 g/mol. The summed E-state index contributed by atoms with van der Waals surface area (Å²) in [6.45, 7) is 1.65. The lowest BCUT2D eigenvalue weighted by Crippen LogP contribution is -2.04. The van der Waals surface area contributed by atoms with E-state index in [0.29, 0.717) is 11.1 Å². The Labute approximate surface area is 105 Å². The molecule has 4 nitrogen and oxygen atoms in total. The van der Waals surface area contributed by atoms with Crippen LogP contribution in [-0.2, 0) is 0 Å². The van der Waals surface area contributed by atoms with Crippen molar-refractivity contribution in [3.8, 4) is 0 Å². The van der Waals surface area contributed by atoms with Crippen molar-refractivity contribution in [3.05, 3.63) is 75.3 Å². The van der Waals surface area contributed by atoms with Gasteiger partial charge in [0.25, 0.3) is 5.69 Å². The molecular formula is C14H13NO3. The van der Waals surface area contributed by atoms with E-state index in [1.54, 1.807) is 31.2 Å². The van der Waals surface area contributed by atoms with Gasteiger partial charge in [-0.1, -0.05) is 42.5 Å². The number of aliphatic hydroxyl groups is 1. The molecule has 92 valence electrons. The predicted octanol–water partition coefficient (Wildman–Crippen LogP) is 2.98. The van der Waals surface area contributed by atoms with Crippen LogP contribution in [0.3, 0.4) is 0 Å². The lowest BCUT2D eigenvalue weighted by atomic mass is 9.96. The zero-order valence-electron chi connectivity index (χ0n) is 9.91. The maximum Gasteiger partial charge on any atom is 0.272 e. The van der Waals surface area contributed by atoms with Gasteiger partial charge in [-0.2, -0.15) is 0 Å². The lowest BCUT2D eigenvalue weighted by Gasteiger charge is -2.13. The van der Waals surface area contributed by atoms with E-state index in [-0.39, 0.29) is 5.69 Å². The Bertz CT molecular complexity index is 567. The number of aliphatic hydroxyl groups excluding tert-OH is 1. The summed E-state index contributed by atoms with van der Waals surface area (Å²) in [6, 6.07) is 13.8. The highest BCUT2D eigenvalue weighted by Gasteiger charge is 2.19. The molecule has 0 aliphatic rings. The molecule has 0 aliphatic heterocycles. The summed E-state index contributed by atoms with van der Waals surface area (Å²) in [4.78, 5) is 10.4. The maximum atomic E-state index is 10.9. The summed E-state index contributed by atoms with van der Waals surface area (Å²) in [5, 5.41) is 21.1. The van der Waals surface area contributed by atoms with Crippen molar-refractivity contribution in [1.29, 1.82) is 0 Å². The Morgan fingerprint density at radius 2 is 1.78 bits per heavy atom. The third kappa shape index (κ3) is 2.24. The summed E-state index contributed by atoms with van der Waals surface area (Å²) in [5.41, 5.74) is 1.82. The van der Waals surface area contributed by atoms with Gasteiger partial charge in [0, 0.05) is 11.6 Å². The first-order valence-electron chi connectivity index (χ1n) is 5.58. The van der Waals surface area contributed by atoms with E-state index < -0.39 is 11.0 Å². The first-order chi connectivity index (χ1) is 8.61. The first-order valence-corrected chi connectivity index (χ1v) is 5.58. The van der Waals surface area contributed by atoms with Gasteiger partial charge in [-0.3, -0.25) is 10.1 Å². The van der Waals surface area contributed by atoms with Gasteiger partial charge in [0.05, 0.1) is 4.92 Å². The molecule has 0 heterocycles. The van der Waals surface area contributed by atoms with Crippen molar-refractivity contribution in [2.45, 2.75) is 13.0 Å². The van der Waals surface area contributed by atoms with Crippen LogP contribution in [0, 0.1) is 17.0 Å². The van der Waals surface area contributed by atoms with Crippen LogP contribution in [0.2, 0.25) is 0 Å². The highest BCUT2D eigenvalue weighted by atomic mass is 16.6. The summed E-state index contributed by atoms with van der Waals surface area (Å²) < 4.78 is 0. The van der Waals surface area contributed by atoms with Crippen molar-refractivity contribution >= 4 is 5.69 Å². The molecule has 18 heavy (non-hydrogen) atoms. The Hall–Kier alpha value is -2.20. The van der Waals surface area contributed by atoms with E-state index in [1.165, 1.54) is 6.07 Å². The van der Waals surface area contributed by atoms with Crippen molar-refractivity contribution < 1.29 is 10.0 Å². The van der Waals surface area contributed by atoms with Crippen LogP contribution in [0.4, 0.5) is 5.69 Å². The second kappa shape index (κ2) is 4.98. The summed E-state index contributed by atoms with van der Waals surface area (Å²) >= 11 is 0. The number of nitro groups is 1. The summed E-state index contributed by atoms with van der Waals surface area (Å²) in [6.07, 6.45) is -0.842. The molecule has 0 aromatic heterocycles. The quantitative estimate of drug-likeness (QED) is 0.665. The van der Waals surface area contributed by atoms with E-state index in [4.69, 9.17) is 0 Å². The maximum absolute atomic E-state index is 10.9. The molecule has 0 amide bonds. The molecule has 1 atom stereocenters. The van der Waals surface area contributed by atoms with E-state index >= 15 is 0 Å². The number of nitrogens with zero attached hydrogens (tertiary/aromatic N) is 1. The van der Waals surface area contributed by atoms with Crippen LogP contribution in [0.15, 0.2) is 48.5 Å². The van der Waals surface area contributed by atoms with E-state index in [0.717, 1.165) is 5.56 Å². The summed E-state index contributed by atoms with van der Waals surface area (Å²) in [7, 11) is 0. The van der Waals surface area contributed by atoms with Crippen molar-refractivity contribution in [2.75, 3.05) is 0 Å². The Morgan fingerprint density at radius 3 is 2.39 bits per heavy atom. The highest BCUT2D eigenvalue weighted by molar-refractivity contribution is 5.47. The van der Waals surface area contributed by atoms with Crippen LogP contribution >= 0.6 is 0 Å². The number of benzene rings is 2. The van der Waals surface area contributed by atoms with Gasteiger partial charge in [0.2, 0.25) is 0 Å². The molecule has 2 aromatic carbocycles. The van der Waals surface area contributed by atoms with Gasteiger partial charge in [0.1, 0.15) is 6.10 Å². The normalized spacial score (nSPS) is 12.1. The fraction of sp³-hybridized carbons (Fsp3) is 0.143. The Morgan fingerprint density at radius 1 is 1.11 bits per heavy atom. The van der Waals surface area contributed by atoms with E-state index in [9.17, 15) is 15.2 Å². The zero-order valence-corrected chi connectivity index (χ0v) is 9.91. The molecule has 4 heteroatoms. The molecule has 1 unspecified atom stereocenters. The molecule has 0 aliphatic carbocycles. The number of hydrogen-bond acceptors (Lipinski definition) is 3. The average Bonchev–Trinajstić information content (AvgIpc) is 2.39. The molecule has 0 spiro atoms. The lowest BCUT2D eigenvalue weighted by molar-refractivity contribution is -0.385. The SMILES string of the molecule is Cc1c(C(O)c2ccccc2)cccc1[N+](=O)[O-]. The van der Waals surface area contributed by atoms with Gasteiger partial charge in [0.15, 0.2) is 0 Å². The fourth-order valence-corrected chi connectivity index (χ4v) is 1.95. The van der Waals surface area contributed by atoms with Crippen LogP contribution in [0.1, 0.15) is 22.8 Å².